The summed E-state index contributed by atoms with van der Waals surface area (Å²) in [6, 6.07) is 4.74. The van der Waals surface area contributed by atoms with Crippen molar-refractivity contribution in [2.24, 2.45) is 17.8 Å². The molecule has 1 aromatic carbocycles. The average Bonchev–Trinajstić information content (AvgIpc) is 2.67. The number of benzene rings is 1. The number of nitrogens with zero attached hydrogens (tertiary/aromatic N) is 1. The van der Waals surface area contributed by atoms with Crippen molar-refractivity contribution in [2.75, 3.05) is 0 Å². The molecule has 25 heavy (non-hydrogen) atoms. The highest BCUT2D eigenvalue weighted by Crippen LogP contribution is 2.42. The topological polar surface area (TPSA) is 23.8 Å². The van der Waals surface area contributed by atoms with Gasteiger partial charge in [-0.05, 0) is 42.2 Å². The fourth-order valence-electron chi connectivity index (χ4n) is 5.17. The summed E-state index contributed by atoms with van der Waals surface area (Å²) in [6.07, 6.45) is 14.8. The summed E-state index contributed by atoms with van der Waals surface area (Å²) in [4.78, 5) is 0. The summed E-state index contributed by atoms with van der Waals surface area (Å²) in [7, 11) is 0. The fraction of sp³-hybridized carbons (Fsp3) is 0.682. The monoisotopic (exact) mass is 345 g/mol. The van der Waals surface area contributed by atoms with Gasteiger partial charge in [-0.2, -0.15) is 5.26 Å². The van der Waals surface area contributed by atoms with Gasteiger partial charge in [-0.3, -0.25) is 0 Å². The number of hydrogen-bond acceptors (Lipinski definition) is 1. The average molecular weight is 345 g/mol. The molecule has 1 nitrogen and oxygen atoms in total. The van der Waals surface area contributed by atoms with Crippen molar-refractivity contribution in [2.45, 2.75) is 77.0 Å². The zero-order valence-electron chi connectivity index (χ0n) is 15.1. The first-order valence-corrected chi connectivity index (χ1v) is 10.1. The van der Waals surface area contributed by atoms with Crippen LogP contribution in [0.3, 0.4) is 0 Å². The van der Waals surface area contributed by atoms with Crippen LogP contribution in [0.25, 0.3) is 0 Å². The minimum atomic E-state index is -0.980. The molecule has 2 aliphatic rings. The third-order valence-electron chi connectivity index (χ3n) is 6.54. The molecule has 0 spiro atoms. The summed E-state index contributed by atoms with van der Waals surface area (Å²) in [6.45, 7) is 0. The normalized spacial score (nSPS) is 19.9. The Kier molecular flexibility index (Phi) is 6.45. The van der Waals surface area contributed by atoms with Crippen molar-refractivity contribution in [3.63, 3.8) is 0 Å². The summed E-state index contributed by atoms with van der Waals surface area (Å²) in [5, 5.41) is 8.84. The summed E-state index contributed by atoms with van der Waals surface area (Å²) >= 11 is 0. The van der Waals surface area contributed by atoms with Gasteiger partial charge in [0.2, 0.25) is 0 Å². The Morgan fingerprint density at radius 2 is 1.44 bits per heavy atom. The fourth-order valence-corrected chi connectivity index (χ4v) is 5.17. The second-order valence-corrected chi connectivity index (χ2v) is 8.01. The van der Waals surface area contributed by atoms with E-state index in [1.54, 1.807) is 12.1 Å². The van der Waals surface area contributed by atoms with E-state index in [9.17, 15) is 8.78 Å². The molecule has 0 aliphatic heterocycles. The van der Waals surface area contributed by atoms with E-state index in [2.05, 4.69) is 0 Å². The summed E-state index contributed by atoms with van der Waals surface area (Å²) in [5.74, 6) is 0.391. The van der Waals surface area contributed by atoms with Gasteiger partial charge in [-0.1, -0.05) is 70.3 Å². The standard InChI is InChI=1S/C22H29F2N/c23-21-18(11-12-19(15-25)22(21)24)13-14-20(16-7-3-1-4-8-16)17-9-5-2-6-10-17/h11-12,16-17,20H,1-10,13-14H2. The maximum atomic E-state index is 14.3. The Morgan fingerprint density at radius 1 is 0.880 bits per heavy atom. The molecule has 0 saturated heterocycles. The molecule has 2 aliphatic carbocycles. The molecule has 0 atom stereocenters. The van der Waals surface area contributed by atoms with Gasteiger partial charge in [0.25, 0.3) is 0 Å². The van der Waals surface area contributed by atoms with Crippen LogP contribution in [-0.4, -0.2) is 0 Å². The van der Waals surface area contributed by atoms with E-state index < -0.39 is 11.6 Å². The Balaban J connectivity index is 1.71. The van der Waals surface area contributed by atoms with Crippen molar-refractivity contribution in [1.29, 1.82) is 5.26 Å². The molecule has 0 aromatic heterocycles. The van der Waals surface area contributed by atoms with Crippen molar-refractivity contribution in [1.82, 2.24) is 0 Å². The Morgan fingerprint density at radius 3 is 1.96 bits per heavy atom. The lowest BCUT2D eigenvalue weighted by molar-refractivity contribution is 0.134. The summed E-state index contributed by atoms with van der Waals surface area (Å²) in [5.41, 5.74) is 0.241. The van der Waals surface area contributed by atoms with Crippen molar-refractivity contribution < 1.29 is 8.78 Å². The molecular formula is C22H29F2N. The van der Waals surface area contributed by atoms with Crippen LogP contribution in [0.5, 0.6) is 0 Å². The molecule has 0 N–H and O–H groups in total. The van der Waals surface area contributed by atoms with Crippen LogP contribution in [0.15, 0.2) is 12.1 Å². The largest absolute Gasteiger partial charge is 0.203 e. The van der Waals surface area contributed by atoms with E-state index in [0.29, 0.717) is 17.9 Å². The van der Waals surface area contributed by atoms with Crippen LogP contribution in [0.1, 0.15) is 81.8 Å². The van der Waals surface area contributed by atoms with E-state index in [0.717, 1.165) is 18.3 Å². The predicted octanol–water partition coefficient (Wildman–Crippen LogP) is 6.55. The Bertz CT molecular complexity index is 589. The van der Waals surface area contributed by atoms with Crippen LogP contribution in [-0.2, 0) is 6.42 Å². The van der Waals surface area contributed by atoms with Gasteiger partial charge in [0.1, 0.15) is 6.07 Å². The number of rotatable bonds is 5. The minimum absolute atomic E-state index is 0.197. The van der Waals surface area contributed by atoms with Crippen LogP contribution in [0, 0.1) is 40.7 Å². The molecule has 2 saturated carbocycles. The second-order valence-electron chi connectivity index (χ2n) is 8.01. The molecule has 136 valence electrons. The Hall–Kier alpha value is -1.43. The van der Waals surface area contributed by atoms with Crippen LogP contribution >= 0.6 is 0 Å². The quantitative estimate of drug-likeness (QED) is 0.594. The predicted molar refractivity (Wildman–Crippen MR) is 96.0 cm³/mol. The smallest absolute Gasteiger partial charge is 0.176 e. The highest BCUT2D eigenvalue weighted by atomic mass is 19.2. The molecule has 0 bridgehead atoms. The lowest BCUT2D eigenvalue weighted by Gasteiger charge is -2.38. The van der Waals surface area contributed by atoms with E-state index in [4.69, 9.17) is 5.26 Å². The van der Waals surface area contributed by atoms with Gasteiger partial charge in [0.05, 0.1) is 5.56 Å². The van der Waals surface area contributed by atoms with Crippen molar-refractivity contribution in [3.8, 4) is 6.07 Å². The van der Waals surface area contributed by atoms with Crippen LogP contribution < -0.4 is 0 Å². The zero-order valence-corrected chi connectivity index (χ0v) is 15.1. The van der Waals surface area contributed by atoms with Gasteiger partial charge >= 0.3 is 0 Å². The first-order chi connectivity index (χ1) is 12.2. The zero-order chi connectivity index (χ0) is 17.6. The molecule has 1 aromatic rings. The van der Waals surface area contributed by atoms with E-state index >= 15 is 0 Å². The molecule has 3 heteroatoms. The number of hydrogen-bond donors (Lipinski definition) is 0. The maximum Gasteiger partial charge on any atom is 0.176 e. The maximum absolute atomic E-state index is 14.3. The lowest BCUT2D eigenvalue weighted by atomic mass is 9.68. The molecule has 0 heterocycles. The molecule has 2 fully saturated rings. The van der Waals surface area contributed by atoms with E-state index in [-0.39, 0.29) is 5.56 Å². The molecular weight excluding hydrogens is 316 g/mol. The first kappa shape index (κ1) is 18.4. The molecule has 0 unspecified atom stereocenters. The lowest BCUT2D eigenvalue weighted by Crippen LogP contribution is -2.28. The number of aryl methyl sites for hydroxylation is 1. The number of nitriles is 1. The van der Waals surface area contributed by atoms with Gasteiger partial charge in [-0.25, -0.2) is 8.78 Å². The highest BCUT2D eigenvalue weighted by Gasteiger charge is 2.31. The molecule has 3 rings (SSSR count). The second kappa shape index (κ2) is 8.79. The Labute approximate surface area is 150 Å². The first-order valence-electron chi connectivity index (χ1n) is 10.1. The van der Waals surface area contributed by atoms with Gasteiger partial charge in [0, 0.05) is 0 Å². The van der Waals surface area contributed by atoms with E-state index in [1.807, 2.05) is 0 Å². The van der Waals surface area contributed by atoms with E-state index in [1.165, 1.54) is 70.3 Å². The highest BCUT2D eigenvalue weighted by molar-refractivity contribution is 5.34. The third kappa shape index (κ3) is 4.40. The van der Waals surface area contributed by atoms with Crippen LogP contribution in [0.2, 0.25) is 0 Å². The SMILES string of the molecule is N#Cc1ccc(CCC(C2CCCCC2)C2CCCCC2)c(F)c1F. The van der Waals surface area contributed by atoms with Gasteiger partial charge in [-0.15, -0.1) is 0 Å². The third-order valence-corrected chi connectivity index (χ3v) is 6.54. The van der Waals surface area contributed by atoms with Crippen molar-refractivity contribution in [3.05, 3.63) is 34.9 Å². The van der Waals surface area contributed by atoms with Crippen LogP contribution in [0.4, 0.5) is 8.78 Å². The molecule has 0 amide bonds. The van der Waals surface area contributed by atoms with Crippen molar-refractivity contribution >= 4 is 0 Å². The van der Waals surface area contributed by atoms with Gasteiger partial charge < -0.3 is 0 Å². The number of halogens is 2. The molecule has 0 radical (unpaired) electrons. The summed E-state index contributed by atoms with van der Waals surface area (Å²) < 4.78 is 28.2. The minimum Gasteiger partial charge on any atom is -0.203 e. The van der Waals surface area contributed by atoms with Gasteiger partial charge in [0.15, 0.2) is 11.6 Å².